The fourth-order valence-corrected chi connectivity index (χ4v) is 2.34. The van der Waals surface area contributed by atoms with Crippen molar-refractivity contribution < 1.29 is 9.53 Å². The van der Waals surface area contributed by atoms with Gasteiger partial charge in [0.1, 0.15) is 0 Å². The minimum atomic E-state index is -0.433. The number of benzene rings is 1. The third-order valence-corrected chi connectivity index (χ3v) is 3.71. The molecule has 0 radical (unpaired) electrons. The summed E-state index contributed by atoms with van der Waals surface area (Å²) in [6.45, 7) is 4.19. The molecule has 0 aliphatic heterocycles. The normalized spacial score (nSPS) is 25.8. The molecule has 0 aromatic heterocycles. The lowest BCUT2D eigenvalue weighted by molar-refractivity contribution is -0.146. The van der Waals surface area contributed by atoms with E-state index in [0.29, 0.717) is 0 Å². The van der Waals surface area contributed by atoms with Gasteiger partial charge in [-0.05, 0) is 17.4 Å². The summed E-state index contributed by atoms with van der Waals surface area (Å²) in [5.74, 6) is -0.130. The van der Waals surface area contributed by atoms with E-state index in [1.807, 2.05) is 42.5 Å². The van der Waals surface area contributed by atoms with E-state index in [-0.39, 0.29) is 11.4 Å². The molecule has 1 aliphatic rings. The zero-order chi connectivity index (χ0) is 12.5. The molecule has 0 N–H and O–H groups in total. The Morgan fingerprint density at radius 1 is 1.29 bits per heavy atom. The number of esters is 1. The van der Waals surface area contributed by atoms with E-state index in [1.165, 1.54) is 7.11 Å². The van der Waals surface area contributed by atoms with Crippen molar-refractivity contribution in [3.8, 4) is 0 Å². The second-order valence-electron chi connectivity index (χ2n) is 5.27. The second kappa shape index (κ2) is 4.02. The van der Waals surface area contributed by atoms with Crippen molar-refractivity contribution in [1.82, 2.24) is 0 Å². The van der Waals surface area contributed by atoms with Crippen LogP contribution in [0.1, 0.15) is 25.8 Å². The van der Waals surface area contributed by atoms with Crippen LogP contribution in [-0.4, -0.2) is 13.1 Å². The molecule has 0 heterocycles. The van der Waals surface area contributed by atoms with Crippen molar-refractivity contribution in [2.45, 2.75) is 20.3 Å². The Kier molecular flexibility index (Phi) is 2.82. The molecule has 17 heavy (non-hydrogen) atoms. The van der Waals surface area contributed by atoms with Gasteiger partial charge < -0.3 is 4.74 Å². The summed E-state index contributed by atoms with van der Waals surface area (Å²) >= 11 is 0. The van der Waals surface area contributed by atoms with E-state index in [2.05, 4.69) is 13.8 Å². The molecule has 1 atom stereocenters. The summed E-state index contributed by atoms with van der Waals surface area (Å²) in [4.78, 5) is 11.9. The SMILES string of the molecule is COC(=O)[C@]1(/C=C/c2ccccc2)CC1(C)C. The van der Waals surface area contributed by atoms with Crippen LogP contribution in [-0.2, 0) is 9.53 Å². The highest BCUT2D eigenvalue weighted by atomic mass is 16.5. The molecule has 0 amide bonds. The van der Waals surface area contributed by atoms with E-state index in [9.17, 15) is 4.79 Å². The van der Waals surface area contributed by atoms with Gasteiger partial charge in [0.2, 0.25) is 0 Å². The van der Waals surface area contributed by atoms with Gasteiger partial charge in [-0.15, -0.1) is 0 Å². The fraction of sp³-hybridized carbons (Fsp3) is 0.400. The van der Waals surface area contributed by atoms with E-state index < -0.39 is 5.41 Å². The second-order valence-corrected chi connectivity index (χ2v) is 5.27. The zero-order valence-corrected chi connectivity index (χ0v) is 10.6. The smallest absolute Gasteiger partial charge is 0.316 e. The van der Waals surface area contributed by atoms with Gasteiger partial charge >= 0.3 is 5.97 Å². The highest BCUT2D eigenvalue weighted by Gasteiger charge is 2.65. The number of ether oxygens (including phenoxy) is 1. The van der Waals surface area contributed by atoms with Gasteiger partial charge in [-0.1, -0.05) is 56.3 Å². The molecule has 2 rings (SSSR count). The van der Waals surface area contributed by atoms with E-state index in [0.717, 1.165) is 12.0 Å². The molecular weight excluding hydrogens is 212 g/mol. The van der Waals surface area contributed by atoms with Crippen LogP contribution in [0.5, 0.6) is 0 Å². The number of hydrogen-bond donors (Lipinski definition) is 0. The molecule has 2 nitrogen and oxygen atoms in total. The van der Waals surface area contributed by atoms with Gasteiger partial charge in [-0.25, -0.2) is 0 Å². The highest BCUT2D eigenvalue weighted by molar-refractivity contribution is 5.85. The Bertz CT molecular complexity index is 445. The Balaban J connectivity index is 2.22. The molecular formula is C15H18O2. The molecule has 1 fully saturated rings. The predicted molar refractivity (Wildman–Crippen MR) is 68.3 cm³/mol. The van der Waals surface area contributed by atoms with Crippen molar-refractivity contribution in [3.63, 3.8) is 0 Å². The van der Waals surface area contributed by atoms with Gasteiger partial charge in [-0.3, -0.25) is 4.79 Å². The average Bonchev–Trinajstić information content (AvgIpc) is 2.90. The molecule has 1 saturated carbocycles. The van der Waals surface area contributed by atoms with Gasteiger partial charge in [0.05, 0.1) is 12.5 Å². The molecule has 1 aromatic carbocycles. The van der Waals surface area contributed by atoms with E-state index in [1.54, 1.807) is 0 Å². The van der Waals surface area contributed by atoms with Crippen molar-refractivity contribution in [3.05, 3.63) is 42.0 Å². The predicted octanol–water partition coefficient (Wildman–Crippen LogP) is 3.29. The summed E-state index contributed by atoms with van der Waals surface area (Å²) in [5, 5.41) is 0. The summed E-state index contributed by atoms with van der Waals surface area (Å²) < 4.78 is 4.91. The monoisotopic (exact) mass is 230 g/mol. The first-order valence-corrected chi connectivity index (χ1v) is 5.84. The maximum atomic E-state index is 11.9. The van der Waals surface area contributed by atoms with Crippen molar-refractivity contribution >= 4 is 12.0 Å². The lowest BCUT2D eigenvalue weighted by Crippen LogP contribution is -2.20. The first kappa shape index (κ1) is 11.9. The maximum Gasteiger partial charge on any atom is 0.316 e. The number of rotatable bonds is 3. The third kappa shape index (κ3) is 1.99. The Labute approximate surface area is 102 Å². The number of hydrogen-bond acceptors (Lipinski definition) is 2. The standard InChI is InChI=1S/C15H18O2/c1-14(2)11-15(14,13(16)17-3)10-9-12-7-5-4-6-8-12/h4-10H,11H2,1-3H3/b10-9+/t15-/m0/s1. The molecule has 0 unspecified atom stereocenters. The first-order chi connectivity index (χ1) is 8.02. The topological polar surface area (TPSA) is 26.3 Å². The molecule has 90 valence electrons. The average molecular weight is 230 g/mol. The summed E-state index contributed by atoms with van der Waals surface area (Å²) in [5.41, 5.74) is 0.682. The largest absolute Gasteiger partial charge is 0.468 e. The lowest BCUT2D eigenvalue weighted by atomic mass is 9.94. The molecule has 0 saturated heterocycles. The van der Waals surface area contributed by atoms with Gasteiger partial charge in [-0.2, -0.15) is 0 Å². The molecule has 0 spiro atoms. The van der Waals surface area contributed by atoms with Crippen LogP contribution in [0, 0.1) is 10.8 Å². The molecule has 1 aromatic rings. The summed E-state index contributed by atoms with van der Waals surface area (Å²) in [6, 6.07) is 10.0. The summed E-state index contributed by atoms with van der Waals surface area (Å²) in [7, 11) is 1.45. The number of methoxy groups -OCH3 is 1. The number of carbonyl (C=O) groups excluding carboxylic acids is 1. The van der Waals surface area contributed by atoms with Crippen LogP contribution in [0.25, 0.3) is 6.08 Å². The van der Waals surface area contributed by atoms with Crippen LogP contribution in [0.2, 0.25) is 0 Å². The zero-order valence-electron chi connectivity index (χ0n) is 10.6. The van der Waals surface area contributed by atoms with Crippen LogP contribution < -0.4 is 0 Å². The minimum Gasteiger partial charge on any atom is -0.468 e. The summed E-state index contributed by atoms with van der Waals surface area (Å²) in [6.07, 6.45) is 4.86. The fourth-order valence-electron chi connectivity index (χ4n) is 2.34. The Morgan fingerprint density at radius 3 is 2.35 bits per heavy atom. The van der Waals surface area contributed by atoms with Crippen LogP contribution in [0.4, 0.5) is 0 Å². The number of carbonyl (C=O) groups is 1. The third-order valence-electron chi connectivity index (χ3n) is 3.71. The van der Waals surface area contributed by atoms with Gasteiger partial charge in [0.25, 0.3) is 0 Å². The van der Waals surface area contributed by atoms with Crippen molar-refractivity contribution in [1.29, 1.82) is 0 Å². The van der Waals surface area contributed by atoms with Crippen LogP contribution >= 0.6 is 0 Å². The van der Waals surface area contributed by atoms with Crippen molar-refractivity contribution in [2.24, 2.45) is 10.8 Å². The van der Waals surface area contributed by atoms with E-state index in [4.69, 9.17) is 4.74 Å². The Hall–Kier alpha value is -1.57. The quantitative estimate of drug-likeness (QED) is 0.745. The lowest BCUT2D eigenvalue weighted by Gasteiger charge is -2.13. The minimum absolute atomic E-state index is 0.00533. The van der Waals surface area contributed by atoms with Gasteiger partial charge in [0, 0.05) is 0 Å². The molecule has 0 bridgehead atoms. The first-order valence-electron chi connectivity index (χ1n) is 5.84. The highest BCUT2D eigenvalue weighted by Crippen LogP contribution is 2.65. The molecule has 2 heteroatoms. The molecule has 1 aliphatic carbocycles. The van der Waals surface area contributed by atoms with Gasteiger partial charge in [0.15, 0.2) is 0 Å². The van der Waals surface area contributed by atoms with Crippen LogP contribution in [0.3, 0.4) is 0 Å². The van der Waals surface area contributed by atoms with Crippen molar-refractivity contribution in [2.75, 3.05) is 7.11 Å². The Morgan fingerprint density at radius 2 is 1.88 bits per heavy atom. The van der Waals surface area contributed by atoms with E-state index >= 15 is 0 Å². The maximum absolute atomic E-state index is 11.9. The van der Waals surface area contributed by atoms with Crippen LogP contribution in [0.15, 0.2) is 36.4 Å².